The molecule has 1 N–H and O–H groups in total. The van der Waals surface area contributed by atoms with Gasteiger partial charge in [0.05, 0.1) is 17.6 Å². The highest BCUT2D eigenvalue weighted by atomic mass is 16.6. The van der Waals surface area contributed by atoms with Crippen molar-refractivity contribution in [3.05, 3.63) is 69.9 Å². The number of hydrogen-bond donors (Lipinski definition) is 1. The molecule has 1 aliphatic heterocycles. The summed E-state index contributed by atoms with van der Waals surface area (Å²) in [7, 11) is 2.94. The Morgan fingerprint density at radius 2 is 1.62 bits per heavy atom. The third kappa shape index (κ3) is 3.00. The summed E-state index contributed by atoms with van der Waals surface area (Å²) in [5, 5.41) is 13.8. The fraction of sp³-hybridized carbons (Fsp3) is 0.111. The van der Waals surface area contributed by atoms with Gasteiger partial charge >= 0.3 is 0 Å². The largest absolute Gasteiger partial charge is 0.497 e. The van der Waals surface area contributed by atoms with E-state index in [2.05, 4.69) is 5.32 Å². The quantitative estimate of drug-likeness (QED) is 0.503. The van der Waals surface area contributed by atoms with Gasteiger partial charge in [-0.05, 0) is 42.0 Å². The molecular formula is C18H15N3O5. The second kappa shape index (κ2) is 6.67. The monoisotopic (exact) mass is 353 g/mol. The van der Waals surface area contributed by atoms with E-state index in [9.17, 15) is 19.7 Å². The third-order valence-corrected chi connectivity index (χ3v) is 4.01. The molecule has 8 heteroatoms. The highest BCUT2D eigenvalue weighted by Crippen LogP contribution is 2.30. The number of anilines is 1. The van der Waals surface area contributed by atoms with E-state index in [4.69, 9.17) is 4.74 Å². The Morgan fingerprint density at radius 1 is 1.00 bits per heavy atom. The predicted octanol–water partition coefficient (Wildman–Crippen LogP) is 2.43. The summed E-state index contributed by atoms with van der Waals surface area (Å²) in [6.45, 7) is 0. The topological polar surface area (TPSA) is 102 Å². The molecule has 0 fully saturated rings. The van der Waals surface area contributed by atoms with Gasteiger partial charge in [-0.25, -0.2) is 0 Å². The smallest absolute Gasteiger partial charge is 0.277 e. The number of nitro groups is 1. The van der Waals surface area contributed by atoms with Crippen LogP contribution in [0.4, 0.5) is 11.4 Å². The predicted molar refractivity (Wildman–Crippen MR) is 94.4 cm³/mol. The lowest BCUT2D eigenvalue weighted by Gasteiger charge is -2.09. The number of amides is 2. The Hall–Kier alpha value is -3.68. The van der Waals surface area contributed by atoms with Crippen molar-refractivity contribution < 1.29 is 19.2 Å². The number of nitrogens with one attached hydrogen (secondary N) is 1. The van der Waals surface area contributed by atoms with Crippen molar-refractivity contribution in [2.45, 2.75) is 0 Å². The first-order valence-corrected chi connectivity index (χ1v) is 7.65. The number of methoxy groups -OCH3 is 1. The summed E-state index contributed by atoms with van der Waals surface area (Å²) in [5.41, 5.74) is 1.23. The van der Waals surface area contributed by atoms with E-state index < -0.39 is 16.7 Å². The van der Waals surface area contributed by atoms with E-state index in [0.29, 0.717) is 17.0 Å². The number of hydrogen-bond acceptors (Lipinski definition) is 6. The van der Waals surface area contributed by atoms with Gasteiger partial charge in [0.1, 0.15) is 11.4 Å². The van der Waals surface area contributed by atoms with Crippen LogP contribution in [0, 0.1) is 10.1 Å². The molecule has 2 aromatic carbocycles. The molecule has 26 heavy (non-hydrogen) atoms. The normalized spacial score (nSPS) is 14.0. The fourth-order valence-corrected chi connectivity index (χ4v) is 2.59. The van der Waals surface area contributed by atoms with Crippen molar-refractivity contribution >= 4 is 28.8 Å². The molecule has 132 valence electrons. The number of carbonyl (C=O) groups is 2. The Morgan fingerprint density at radius 3 is 2.15 bits per heavy atom. The van der Waals surface area contributed by atoms with E-state index >= 15 is 0 Å². The number of carbonyl (C=O) groups excluding carboxylic acids is 2. The second-order valence-corrected chi connectivity index (χ2v) is 5.58. The first kappa shape index (κ1) is 17.2. The van der Waals surface area contributed by atoms with Crippen molar-refractivity contribution in [3.8, 4) is 5.75 Å². The van der Waals surface area contributed by atoms with Crippen LogP contribution in [0.1, 0.15) is 5.56 Å². The van der Waals surface area contributed by atoms with E-state index in [-0.39, 0.29) is 17.0 Å². The minimum absolute atomic E-state index is 0.0934. The highest BCUT2D eigenvalue weighted by Gasteiger charge is 2.36. The van der Waals surface area contributed by atoms with Gasteiger partial charge in [0.2, 0.25) is 0 Å². The number of nitro benzene ring substituents is 1. The van der Waals surface area contributed by atoms with Gasteiger partial charge < -0.3 is 10.1 Å². The zero-order valence-corrected chi connectivity index (χ0v) is 14.1. The SMILES string of the molecule is COc1ccc(NC2=C(c3ccc([N+](=O)[O-])cc3)C(=O)N(C)C2=O)cc1. The molecule has 2 amide bonds. The molecule has 0 atom stereocenters. The standard InChI is InChI=1S/C18H15N3O5/c1-20-17(22)15(11-3-7-13(8-4-11)21(24)25)16(18(20)23)19-12-5-9-14(26-2)10-6-12/h3-10,19H,1-2H3. The van der Waals surface area contributed by atoms with E-state index in [1.807, 2.05) is 0 Å². The van der Waals surface area contributed by atoms with Crippen molar-refractivity contribution in [1.29, 1.82) is 0 Å². The number of ether oxygens (including phenoxy) is 1. The zero-order chi connectivity index (χ0) is 18.8. The van der Waals surface area contributed by atoms with Crippen molar-refractivity contribution in [2.24, 2.45) is 0 Å². The molecule has 0 spiro atoms. The summed E-state index contributed by atoms with van der Waals surface area (Å²) in [5.74, 6) is -0.287. The lowest BCUT2D eigenvalue weighted by molar-refractivity contribution is -0.384. The number of rotatable bonds is 5. The van der Waals surface area contributed by atoms with Crippen LogP contribution in [-0.4, -0.2) is 35.8 Å². The Bertz CT molecular complexity index is 917. The van der Waals surface area contributed by atoms with Gasteiger partial charge in [-0.15, -0.1) is 0 Å². The lowest BCUT2D eigenvalue weighted by Crippen LogP contribution is -2.27. The van der Waals surface area contributed by atoms with Gasteiger partial charge in [-0.1, -0.05) is 0 Å². The van der Waals surface area contributed by atoms with Gasteiger partial charge in [-0.3, -0.25) is 24.6 Å². The molecule has 1 aliphatic rings. The Balaban J connectivity index is 2.02. The number of imide groups is 1. The number of likely N-dealkylation sites (N-methyl/N-ethyl adjacent to an activating group) is 1. The van der Waals surface area contributed by atoms with Crippen LogP contribution in [-0.2, 0) is 9.59 Å². The molecule has 0 aliphatic carbocycles. The van der Waals surface area contributed by atoms with Crippen molar-refractivity contribution in [1.82, 2.24) is 4.90 Å². The maximum atomic E-state index is 12.5. The van der Waals surface area contributed by atoms with Gasteiger partial charge in [0, 0.05) is 24.9 Å². The summed E-state index contributed by atoms with van der Waals surface area (Å²) in [4.78, 5) is 36.2. The molecule has 0 saturated heterocycles. The average molecular weight is 353 g/mol. The van der Waals surface area contributed by atoms with Crippen LogP contribution in [0.15, 0.2) is 54.2 Å². The Kier molecular flexibility index (Phi) is 4.40. The summed E-state index contributed by atoms with van der Waals surface area (Å²) >= 11 is 0. The maximum Gasteiger partial charge on any atom is 0.277 e. The van der Waals surface area contributed by atoms with Gasteiger partial charge in [0.15, 0.2) is 0 Å². The van der Waals surface area contributed by atoms with E-state index in [1.54, 1.807) is 31.4 Å². The summed E-state index contributed by atoms with van der Waals surface area (Å²) < 4.78 is 5.09. The van der Waals surface area contributed by atoms with Crippen LogP contribution in [0.25, 0.3) is 5.57 Å². The van der Waals surface area contributed by atoms with Crippen LogP contribution < -0.4 is 10.1 Å². The van der Waals surface area contributed by atoms with Gasteiger partial charge in [-0.2, -0.15) is 0 Å². The molecule has 0 bridgehead atoms. The molecule has 0 saturated carbocycles. The maximum absolute atomic E-state index is 12.5. The van der Waals surface area contributed by atoms with Gasteiger partial charge in [0.25, 0.3) is 17.5 Å². The number of nitrogens with zero attached hydrogens (tertiary/aromatic N) is 2. The first-order chi connectivity index (χ1) is 12.4. The number of non-ortho nitro benzene ring substituents is 1. The average Bonchev–Trinajstić information content (AvgIpc) is 2.86. The number of benzene rings is 2. The van der Waals surface area contributed by atoms with Crippen molar-refractivity contribution in [3.63, 3.8) is 0 Å². The molecule has 0 radical (unpaired) electrons. The van der Waals surface area contributed by atoms with Crippen LogP contribution >= 0.6 is 0 Å². The third-order valence-electron chi connectivity index (χ3n) is 4.01. The summed E-state index contributed by atoms with van der Waals surface area (Å²) in [6.07, 6.45) is 0. The van der Waals surface area contributed by atoms with Crippen molar-refractivity contribution in [2.75, 3.05) is 19.5 Å². The molecule has 0 aromatic heterocycles. The second-order valence-electron chi connectivity index (χ2n) is 5.58. The molecule has 3 rings (SSSR count). The van der Waals surface area contributed by atoms with E-state index in [1.165, 1.54) is 31.3 Å². The van der Waals surface area contributed by atoms with E-state index in [0.717, 1.165) is 4.90 Å². The molecular weight excluding hydrogens is 338 g/mol. The zero-order valence-electron chi connectivity index (χ0n) is 14.1. The lowest BCUT2D eigenvalue weighted by atomic mass is 10.0. The van der Waals surface area contributed by atoms with Crippen LogP contribution in [0.5, 0.6) is 5.75 Å². The Labute approximate surface area is 148 Å². The molecule has 0 unspecified atom stereocenters. The highest BCUT2D eigenvalue weighted by molar-refractivity contribution is 6.36. The molecule has 1 heterocycles. The van der Waals surface area contributed by atoms with Crippen LogP contribution in [0.3, 0.4) is 0 Å². The molecule has 2 aromatic rings. The minimum atomic E-state index is -0.525. The molecule has 8 nitrogen and oxygen atoms in total. The first-order valence-electron chi connectivity index (χ1n) is 7.65. The minimum Gasteiger partial charge on any atom is -0.497 e. The van der Waals surface area contributed by atoms with Crippen LogP contribution in [0.2, 0.25) is 0 Å². The summed E-state index contributed by atoms with van der Waals surface area (Å²) in [6, 6.07) is 12.4. The fourth-order valence-electron chi connectivity index (χ4n) is 2.59.